The quantitative estimate of drug-likeness (QED) is 0.669. The molecule has 0 unspecified atom stereocenters. The molecule has 1 saturated carbocycles. The van der Waals surface area contributed by atoms with Gasteiger partial charge in [-0.3, -0.25) is 4.90 Å². The molecule has 20 heavy (non-hydrogen) atoms. The van der Waals surface area contributed by atoms with Gasteiger partial charge >= 0.3 is 0 Å². The van der Waals surface area contributed by atoms with Gasteiger partial charge in [-0.05, 0) is 31.9 Å². The number of ether oxygens (including phenoxy) is 1. The fraction of sp³-hybridized carbons (Fsp3) is 0.750. The monoisotopic (exact) mass is 280 g/mol. The highest BCUT2D eigenvalue weighted by atomic mass is 16.5. The molecule has 0 aromatic carbocycles. The van der Waals surface area contributed by atoms with Crippen molar-refractivity contribution < 1.29 is 9.15 Å². The van der Waals surface area contributed by atoms with Crippen LogP contribution in [0.1, 0.15) is 38.0 Å². The Balaban J connectivity index is 1.66. The molecule has 2 rings (SSSR count). The number of furan rings is 1. The molecule has 0 aliphatic heterocycles. The van der Waals surface area contributed by atoms with Crippen LogP contribution in [0.25, 0.3) is 0 Å². The van der Waals surface area contributed by atoms with Crippen molar-refractivity contribution in [1.82, 2.24) is 10.2 Å². The van der Waals surface area contributed by atoms with E-state index in [-0.39, 0.29) is 0 Å². The number of nitrogens with one attached hydrogen (secondary N) is 1. The summed E-state index contributed by atoms with van der Waals surface area (Å²) >= 11 is 0. The third kappa shape index (κ3) is 5.65. The van der Waals surface area contributed by atoms with Crippen molar-refractivity contribution in [2.24, 2.45) is 5.92 Å². The van der Waals surface area contributed by atoms with E-state index in [2.05, 4.69) is 37.2 Å². The molecule has 4 nitrogen and oxygen atoms in total. The maximum atomic E-state index is 5.67. The highest BCUT2D eigenvalue weighted by molar-refractivity contribution is 5.16. The lowest BCUT2D eigenvalue weighted by Crippen LogP contribution is -2.25. The minimum atomic E-state index is 0.492. The van der Waals surface area contributed by atoms with Crippen LogP contribution < -0.4 is 5.32 Å². The van der Waals surface area contributed by atoms with E-state index in [0.29, 0.717) is 6.04 Å². The maximum Gasteiger partial charge on any atom is 0.122 e. The smallest absolute Gasteiger partial charge is 0.122 e. The van der Waals surface area contributed by atoms with E-state index in [4.69, 9.17) is 9.15 Å². The first-order valence-corrected chi connectivity index (χ1v) is 7.70. The second-order valence-corrected chi connectivity index (χ2v) is 6.16. The molecule has 1 aromatic heterocycles. The van der Waals surface area contributed by atoms with Gasteiger partial charge in [-0.25, -0.2) is 0 Å². The van der Waals surface area contributed by atoms with Gasteiger partial charge in [0.15, 0.2) is 0 Å². The molecule has 0 radical (unpaired) electrons. The predicted octanol–water partition coefficient (Wildman–Crippen LogP) is 2.64. The topological polar surface area (TPSA) is 37.6 Å². The Morgan fingerprint density at radius 2 is 2.25 bits per heavy atom. The van der Waals surface area contributed by atoms with Gasteiger partial charge in [0.05, 0.1) is 19.4 Å². The van der Waals surface area contributed by atoms with Crippen molar-refractivity contribution in [3.63, 3.8) is 0 Å². The summed E-state index contributed by atoms with van der Waals surface area (Å²) in [5.41, 5.74) is 1.25. The van der Waals surface area contributed by atoms with E-state index in [1.54, 1.807) is 6.26 Å². The van der Waals surface area contributed by atoms with Gasteiger partial charge < -0.3 is 14.5 Å². The summed E-state index contributed by atoms with van der Waals surface area (Å²) in [7, 11) is 2.11. The summed E-state index contributed by atoms with van der Waals surface area (Å²) in [6.45, 7) is 8.73. The third-order valence-electron chi connectivity index (χ3n) is 3.62. The Kier molecular flexibility index (Phi) is 6.07. The predicted molar refractivity (Wildman–Crippen MR) is 80.6 cm³/mol. The molecular weight excluding hydrogens is 252 g/mol. The molecule has 1 N–H and O–H groups in total. The SMILES string of the molecule is CC(C)NCc1ccoc1CN(C)CCOCC1CC1. The Bertz CT molecular complexity index is 386. The summed E-state index contributed by atoms with van der Waals surface area (Å²) in [6.07, 6.45) is 4.49. The van der Waals surface area contributed by atoms with Crippen LogP contribution in [0.3, 0.4) is 0 Å². The van der Waals surface area contributed by atoms with Crippen LogP contribution in [0.15, 0.2) is 16.7 Å². The van der Waals surface area contributed by atoms with Crippen LogP contribution >= 0.6 is 0 Å². The van der Waals surface area contributed by atoms with Crippen molar-refractivity contribution in [2.75, 3.05) is 26.8 Å². The van der Waals surface area contributed by atoms with Crippen molar-refractivity contribution in [2.45, 2.75) is 45.8 Å². The first-order valence-electron chi connectivity index (χ1n) is 7.70. The average molecular weight is 280 g/mol. The number of hydrogen-bond acceptors (Lipinski definition) is 4. The lowest BCUT2D eigenvalue weighted by Gasteiger charge is -2.16. The standard InChI is InChI=1S/C16H28N2O2/c1-13(2)17-10-15-6-8-20-16(15)11-18(3)7-9-19-12-14-4-5-14/h6,8,13-14,17H,4-5,7,9-12H2,1-3H3. The van der Waals surface area contributed by atoms with Crippen LogP contribution in [0.4, 0.5) is 0 Å². The zero-order valence-electron chi connectivity index (χ0n) is 13.0. The summed E-state index contributed by atoms with van der Waals surface area (Å²) in [5.74, 6) is 1.90. The lowest BCUT2D eigenvalue weighted by atomic mass is 10.2. The summed E-state index contributed by atoms with van der Waals surface area (Å²) in [5, 5.41) is 3.43. The largest absolute Gasteiger partial charge is 0.468 e. The van der Waals surface area contributed by atoms with Crippen LogP contribution in [-0.2, 0) is 17.8 Å². The minimum absolute atomic E-state index is 0.492. The number of hydrogen-bond donors (Lipinski definition) is 1. The van der Waals surface area contributed by atoms with Gasteiger partial charge in [0, 0.05) is 31.3 Å². The molecule has 0 amide bonds. The highest BCUT2D eigenvalue weighted by Gasteiger charge is 2.21. The molecule has 0 spiro atoms. The molecule has 1 fully saturated rings. The van der Waals surface area contributed by atoms with E-state index in [1.165, 1.54) is 18.4 Å². The van der Waals surface area contributed by atoms with Crippen LogP contribution in [0.2, 0.25) is 0 Å². The molecule has 4 heteroatoms. The Hall–Kier alpha value is -0.840. The summed E-state index contributed by atoms with van der Waals surface area (Å²) in [6, 6.07) is 2.55. The second-order valence-electron chi connectivity index (χ2n) is 6.16. The van der Waals surface area contributed by atoms with E-state index >= 15 is 0 Å². The van der Waals surface area contributed by atoms with E-state index in [1.807, 2.05) is 0 Å². The minimum Gasteiger partial charge on any atom is -0.468 e. The van der Waals surface area contributed by atoms with Gasteiger partial charge in [-0.2, -0.15) is 0 Å². The molecule has 1 aliphatic carbocycles. The van der Waals surface area contributed by atoms with Gasteiger partial charge in [-0.15, -0.1) is 0 Å². The Morgan fingerprint density at radius 1 is 1.45 bits per heavy atom. The van der Waals surface area contributed by atoms with E-state index in [0.717, 1.165) is 44.5 Å². The first-order chi connectivity index (χ1) is 9.65. The highest BCUT2D eigenvalue weighted by Crippen LogP contribution is 2.28. The van der Waals surface area contributed by atoms with Crippen LogP contribution in [0, 0.1) is 5.92 Å². The van der Waals surface area contributed by atoms with Crippen molar-refractivity contribution in [3.05, 3.63) is 23.7 Å². The zero-order chi connectivity index (χ0) is 14.4. The van der Waals surface area contributed by atoms with E-state index < -0.39 is 0 Å². The summed E-state index contributed by atoms with van der Waals surface area (Å²) in [4.78, 5) is 2.25. The van der Waals surface area contributed by atoms with Gasteiger partial charge in [0.1, 0.15) is 5.76 Å². The lowest BCUT2D eigenvalue weighted by molar-refractivity contribution is 0.0999. The maximum absolute atomic E-state index is 5.67. The normalized spacial score (nSPS) is 15.4. The van der Waals surface area contributed by atoms with E-state index in [9.17, 15) is 0 Å². The fourth-order valence-electron chi connectivity index (χ4n) is 2.06. The Morgan fingerprint density at radius 3 is 2.95 bits per heavy atom. The second kappa shape index (κ2) is 7.81. The summed E-state index contributed by atoms with van der Waals surface area (Å²) < 4.78 is 11.3. The molecule has 114 valence electrons. The molecule has 0 saturated heterocycles. The molecule has 0 atom stereocenters. The third-order valence-corrected chi connectivity index (χ3v) is 3.62. The number of rotatable bonds is 10. The molecule has 1 heterocycles. The van der Waals surface area contributed by atoms with Crippen molar-refractivity contribution in [1.29, 1.82) is 0 Å². The number of nitrogens with zero attached hydrogens (tertiary/aromatic N) is 1. The number of likely N-dealkylation sites (N-methyl/N-ethyl adjacent to an activating group) is 1. The first kappa shape index (κ1) is 15.5. The fourth-order valence-corrected chi connectivity index (χ4v) is 2.06. The van der Waals surface area contributed by atoms with Gasteiger partial charge in [0.2, 0.25) is 0 Å². The van der Waals surface area contributed by atoms with Crippen LogP contribution in [0.5, 0.6) is 0 Å². The molecular formula is C16H28N2O2. The van der Waals surface area contributed by atoms with Gasteiger partial charge in [0.25, 0.3) is 0 Å². The molecule has 0 bridgehead atoms. The average Bonchev–Trinajstić information content (AvgIpc) is 3.12. The van der Waals surface area contributed by atoms with Crippen LogP contribution in [-0.4, -0.2) is 37.7 Å². The van der Waals surface area contributed by atoms with Gasteiger partial charge in [-0.1, -0.05) is 13.8 Å². The molecule has 1 aromatic rings. The van der Waals surface area contributed by atoms with Crippen molar-refractivity contribution in [3.8, 4) is 0 Å². The molecule has 1 aliphatic rings. The Labute approximate surface area is 122 Å². The zero-order valence-corrected chi connectivity index (χ0v) is 13.0. The van der Waals surface area contributed by atoms with Crippen molar-refractivity contribution >= 4 is 0 Å².